The molecule has 0 unspecified atom stereocenters. The number of nitrogens with one attached hydrogen (secondary N) is 1. The smallest absolute Gasteiger partial charge is 0.255 e. The van der Waals surface area contributed by atoms with Crippen molar-refractivity contribution in [3.8, 4) is 0 Å². The summed E-state index contributed by atoms with van der Waals surface area (Å²) in [5, 5.41) is 0.491. The van der Waals surface area contributed by atoms with Crippen molar-refractivity contribution in [2.75, 3.05) is 5.75 Å². The second kappa shape index (κ2) is 9.03. The molecule has 1 aromatic heterocycles. The first-order valence-electron chi connectivity index (χ1n) is 8.87. The SMILES string of the molecule is Cc1nc(SCC(=O)N(C(C)C)C(C)C)[nH]c(=O)c1Cc1ccccc1. The molecule has 6 heteroatoms. The minimum atomic E-state index is -0.138. The zero-order valence-corrected chi connectivity index (χ0v) is 16.9. The maximum absolute atomic E-state index is 12.5. The molecular weight excluding hydrogens is 346 g/mol. The normalized spacial score (nSPS) is 11.2. The summed E-state index contributed by atoms with van der Waals surface area (Å²) >= 11 is 1.28. The molecule has 0 fully saturated rings. The Kier molecular flexibility index (Phi) is 7.03. The van der Waals surface area contributed by atoms with E-state index in [-0.39, 0.29) is 29.3 Å². The zero-order valence-electron chi connectivity index (χ0n) is 16.1. The number of H-pyrrole nitrogens is 1. The van der Waals surface area contributed by atoms with Crippen LogP contribution in [-0.4, -0.2) is 38.6 Å². The number of amides is 1. The van der Waals surface area contributed by atoms with Crippen molar-refractivity contribution in [1.82, 2.24) is 14.9 Å². The van der Waals surface area contributed by atoms with Crippen molar-refractivity contribution >= 4 is 17.7 Å². The van der Waals surface area contributed by atoms with E-state index in [4.69, 9.17) is 0 Å². The summed E-state index contributed by atoms with van der Waals surface area (Å²) in [5.74, 6) is 0.310. The molecule has 0 bridgehead atoms. The lowest BCUT2D eigenvalue weighted by atomic mass is 10.1. The molecule has 2 aromatic rings. The van der Waals surface area contributed by atoms with E-state index in [0.29, 0.717) is 22.8 Å². The molecule has 1 heterocycles. The van der Waals surface area contributed by atoms with Gasteiger partial charge in [-0.1, -0.05) is 42.1 Å². The van der Waals surface area contributed by atoms with Gasteiger partial charge in [0.25, 0.3) is 5.56 Å². The topological polar surface area (TPSA) is 66.1 Å². The third-order valence-corrected chi connectivity index (χ3v) is 5.02. The lowest BCUT2D eigenvalue weighted by Crippen LogP contribution is -2.43. The number of carbonyl (C=O) groups excluding carboxylic acids is 1. The van der Waals surface area contributed by atoms with Gasteiger partial charge in [0.2, 0.25) is 5.91 Å². The maximum Gasteiger partial charge on any atom is 0.255 e. The second-order valence-electron chi connectivity index (χ2n) is 6.87. The molecule has 0 spiro atoms. The quantitative estimate of drug-likeness (QED) is 0.597. The van der Waals surface area contributed by atoms with Crippen LogP contribution < -0.4 is 5.56 Å². The van der Waals surface area contributed by atoms with Crippen LogP contribution in [0.25, 0.3) is 0 Å². The van der Waals surface area contributed by atoms with Gasteiger partial charge in [-0.15, -0.1) is 0 Å². The largest absolute Gasteiger partial charge is 0.337 e. The van der Waals surface area contributed by atoms with E-state index in [2.05, 4.69) is 9.97 Å². The number of rotatable bonds is 7. The highest BCUT2D eigenvalue weighted by Gasteiger charge is 2.20. The van der Waals surface area contributed by atoms with E-state index in [1.54, 1.807) is 0 Å². The molecule has 0 radical (unpaired) electrons. The second-order valence-corrected chi connectivity index (χ2v) is 7.84. The van der Waals surface area contributed by atoms with Crippen LogP contribution in [-0.2, 0) is 11.2 Å². The number of aromatic nitrogens is 2. The fraction of sp³-hybridized carbons (Fsp3) is 0.450. The number of benzene rings is 1. The molecule has 26 heavy (non-hydrogen) atoms. The third kappa shape index (κ3) is 5.21. The van der Waals surface area contributed by atoms with Gasteiger partial charge in [0.1, 0.15) is 0 Å². The van der Waals surface area contributed by atoms with Gasteiger partial charge in [-0.05, 0) is 40.2 Å². The Bertz CT molecular complexity index is 792. The van der Waals surface area contributed by atoms with Crippen LogP contribution in [0.15, 0.2) is 40.3 Å². The highest BCUT2D eigenvalue weighted by atomic mass is 32.2. The fourth-order valence-corrected chi connectivity index (χ4v) is 3.81. The van der Waals surface area contributed by atoms with Crippen molar-refractivity contribution in [2.24, 2.45) is 0 Å². The highest BCUT2D eigenvalue weighted by Crippen LogP contribution is 2.17. The Morgan fingerprint density at radius 3 is 2.31 bits per heavy atom. The first-order valence-corrected chi connectivity index (χ1v) is 9.85. The van der Waals surface area contributed by atoms with Crippen LogP contribution in [0.5, 0.6) is 0 Å². The summed E-state index contributed by atoms with van der Waals surface area (Å²) in [6, 6.07) is 10.1. The van der Waals surface area contributed by atoms with Gasteiger partial charge in [-0.25, -0.2) is 4.98 Å². The Morgan fingerprint density at radius 1 is 1.15 bits per heavy atom. The number of hydrogen-bond acceptors (Lipinski definition) is 4. The summed E-state index contributed by atoms with van der Waals surface area (Å²) in [4.78, 5) is 34.1. The maximum atomic E-state index is 12.5. The number of aryl methyl sites for hydroxylation is 1. The Balaban J connectivity index is 2.10. The molecule has 0 aliphatic heterocycles. The van der Waals surface area contributed by atoms with Crippen LogP contribution in [0.4, 0.5) is 0 Å². The summed E-state index contributed by atoms with van der Waals surface area (Å²) in [6.45, 7) is 9.86. The van der Waals surface area contributed by atoms with E-state index in [9.17, 15) is 9.59 Å². The first-order chi connectivity index (χ1) is 12.3. The number of carbonyl (C=O) groups is 1. The lowest BCUT2D eigenvalue weighted by molar-refractivity contribution is -0.131. The van der Waals surface area contributed by atoms with Gasteiger partial charge in [-0.3, -0.25) is 9.59 Å². The number of aromatic amines is 1. The average molecular weight is 374 g/mol. The molecule has 0 saturated carbocycles. The van der Waals surface area contributed by atoms with Crippen LogP contribution in [0.2, 0.25) is 0 Å². The Hall–Kier alpha value is -2.08. The molecule has 0 atom stereocenters. The van der Waals surface area contributed by atoms with Crippen LogP contribution in [0.3, 0.4) is 0 Å². The molecule has 0 aliphatic carbocycles. The molecule has 140 valence electrons. The molecule has 2 rings (SSSR count). The third-order valence-electron chi connectivity index (χ3n) is 4.16. The van der Waals surface area contributed by atoms with Crippen LogP contribution in [0.1, 0.15) is 44.5 Å². The van der Waals surface area contributed by atoms with Crippen molar-refractivity contribution in [2.45, 2.75) is 58.3 Å². The molecular formula is C20H27N3O2S. The van der Waals surface area contributed by atoms with Gasteiger partial charge in [0.15, 0.2) is 5.16 Å². The molecule has 0 saturated heterocycles. The summed E-state index contributed by atoms with van der Waals surface area (Å²) in [5.41, 5.74) is 2.30. The summed E-state index contributed by atoms with van der Waals surface area (Å²) in [6.07, 6.45) is 0.549. The van der Waals surface area contributed by atoms with Crippen LogP contribution in [0, 0.1) is 6.92 Å². The molecule has 1 N–H and O–H groups in total. The molecule has 1 aromatic carbocycles. The summed E-state index contributed by atoms with van der Waals surface area (Å²) < 4.78 is 0. The van der Waals surface area contributed by atoms with Crippen molar-refractivity contribution < 1.29 is 4.79 Å². The van der Waals surface area contributed by atoms with Crippen molar-refractivity contribution in [1.29, 1.82) is 0 Å². The molecule has 0 aliphatic rings. The average Bonchev–Trinajstić information content (AvgIpc) is 2.56. The van der Waals surface area contributed by atoms with E-state index in [0.717, 1.165) is 5.56 Å². The van der Waals surface area contributed by atoms with Gasteiger partial charge in [0, 0.05) is 29.8 Å². The summed E-state index contributed by atoms with van der Waals surface area (Å²) in [7, 11) is 0. The van der Waals surface area contributed by atoms with E-state index in [1.165, 1.54) is 11.8 Å². The standard InChI is InChI=1S/C20H27N3O2S/c1-13(2)23(14(3)4)18(24)12-26-20-21-15(5)17(19(25)22-20)11-16-9-7-6-8-10-16/h6-10,13-14H,11-12H2,1-5H3,(H,21,22,25). The fourth-order valence-electron chi connectivity index (χ4n) is 3.04. The Morgan fingerprint density at radius 2 is 1.77 bits per heavy atom. The number of nitrogens with zero attached hydrogens (tertiary/aromatic N) is 2. The predicted octanol–water partition coefficient (Wildman–Crippen LogP) is 3.41. The van der Waals surface area contributed by atoms with Crippen molar-refractivity contribution in [3.63, 3.8) is 0 Å². The minimum Gasteiger partial charge on any atom is -0.337 e. The van der Waals surface area contributed by atoms with Gasteiger partial charge < -0.3 is 9.88 Å². The van der Waals surface area contributed by atoms with Crippen molar-refractivity contribution in [3.05, 3.63) is 57.5 Å². The lowest BCUT2D eigenvalue weighted by Gasteiger charge is -2.30. The number of thioether (sulfide) groups is 1. The van der Waals surface area contributed by atoms with E-state index >= 15 is 0 Å². The molecule has 1 amide bonds. The van der Waals surface area contributed by atoms with Gasteiger partial charge >= 0.3 is 0 Å². The first kappa shape index (κ1) is 20.2. The van der Waals surface area contributed by atoms with E-state index in [1.807, 2.05) is 69.9 Å². The zero-order chi connectivity index (χ0) is 19.3. The van der Waals surface area contributed by atoms with Crippen LogP contribution >= 0.6 is 11.8 Å². The minimum absolute atomic E-state index is 0.0497. The van der Waals surface area contributed by atoms with E-state index < -0.39 is 0 Å². The predicted molar refractivity (Wildman–Crippen MR) is 107 cm³/mol. The monoisotopic (exact) mass is 373 g/mol. The van der Waals surface area contributed by atoms with Gasteiger partial charge in [-0.2, -0.15) is 0 Å². The van der Waals surface area contributed by atoms with Gasteiger partial charge in [0.05, 0.1) is 5.75 Å². The molecule has 5 nitrogen and oxygen atoms in total. The Labute approximate surface area is 159 Å². The highest BCUT2D eigenvalue weighted by molar-refractivity contribution is 7.99. The number of hydrogen-bond donors (Lipinski definition) is 1.